The van der Waals surface area contributed by atoms with Gasteiger partial charge in [0.25, 0.3) is 0 Å². The van der Waals surface area contributed by atoms with Gasteiger partial charge in [0.1, 0.15) is 0 Å². The van der Waals surface area contributed by atoms with Crippen molar-refractivity contribution in [2.24, 2.45) is 11.8 Å². The van der Waals surface area contributed by atoms with E-state index in [1.807, 2.05) is 6.92 Å². The maximum Gasteiger partial charge on any atom is 0.209 e. The van der Waals surface area contributed by atoms with E-state index in [0.717, 1.165) is 19.0 Å². The zero-order chi connectivity index (χ0) is 10.6. The fourth-order valence-corrected chi connectivity index (χ4v) is 2.03. The number of rotatable bonds is 5. The van der Waals surface area contributed by atoms with Crippen LogP contribution in [0.25, 0.3) is 0 Å². The van der Waals surface area contributed by atoms with Crippen LogP contribution in [0.4, 0.5) is 0 Å². The topological polar surface area (TPSA) is 38.7 Å². The molecule has 1 saturated heterocycles. The van der Waals surface area contributed by atoms with Crippen molar-refractivity contribution in [2.45, 2.75) is 26.1 Å². The number of aliphatic hydroxyl groups is 1. The number of ether oxygens (including phenoxy) is 1. The molecule has 3 nitrogen and oxygen atoms in total. The van der Waals surface area contributed by atoms with Crippen LogP contribution in [0.1, 0.15) is 13.8 Å². The maximum absolute atomic E-state index is 9.13. The summed E-state index contributed by atoms with van der Waals surface area (Å²) in [5, 5.41) is 9.13. The third-order valence-corrected chi connectivity index (χ3v) is 3.04. The molecule has 1 rings (SSSR count). The monoisotopic (exact) mass is 205 g/mol. The average Bonchev–Trinajstić information content (AvgIpc) is 2.42. The van der Waals surface area contributed by atoms with Crippen LogP contribution in [0.5, 0.6) is 0 Å². The van der Waals surface area contributed by atoms with E-state index in [1.54, 1.807) is 0 Å². The van der Waals surface area contributed by atoms with Gasteiger partial charge in [0.15, 0.2) is 0 Å². The van der Waals surface area contributed by atoms with Crippen LogP contribution >= 0.6 is 11.9 Å². The Bertz CT molecular complexity index is 175. The molecular formula is C8H16BO3S. The normalized spacial score (nSPS) is 40.4. The highest BCUT2D eigenvalue weighted by molar-refractivity contribution is 8.15. The predicted octanol–water partition coefficient (Wildman–Crippen LogP) is 0.499. The highest BCUT2D eigenvalue weighted by atomic mass is 32.2. The van der Waals surface area contributed by atoms with E-state index < -0.39 is 0 Å². The molecule has 1 aliphatic heterocycles. The van der Waals surface area contributed by atoms with Gasteiger partial charge in [-0.2, -0.15) is 0 Å². The summed E-state index contributed by atoms with van der Waals surface area (Å²) >= 11 is 1.01. The van der Waals surface area contributed by atoms with Gasteiger partial charge >= 0.3 is 0 Å². The first-order valence-electron chi connectivity index (χ1n) is 5.03. The van der Waals surface area contributed by atoms with E-state index in [1.165, 1.54) is 0 Å². The van der Waals surface area contributed by atoms with E-state index in [0.29, 0.717) is 12.5 Å². The Morgan fingerprint density at radius 3 is 3.00 bits per heavy atom. The van der Waals surface area contributed by atoms with Crippen molar-refractivity contribution < 1.29 is 14.0 Å². The Labute approximate surface area is 86.0 Å². The van der Waals surface area contributed by atoms with Crippen molar-refractivity contribution in [3.05, 3.63) is 0 Å². The van der Waals surface area contributed by atoms with Gasteiger partial charge in [0.05, 0.1) is 18.8 Å². The Morgan fingerprint density at radius 2 is 2.46 bits per heavy atom. The Morgan fingerprint density at radius 1 is 1.69 bits per heavy atom. The summed E-state index contributed by atoms with van der Waals surface area (Å²) in [6.45, 7) is 4.67. The van der Waals surface area contributed by atoms with Gasteiger partial charge < -0.3 is 14.0 Å². The molecule has 0 spiro atoms. The fraction of sp³-hybridized carbons (Fsp3) is 1.00. The van der Waals surface area contributed by atoms with E-state index in [2.05, 4.69) is 6.92 Å². The summed E-state index contributed by atoms with van der Waals surface area (Å²) in [6, 6.07) is 0. The minimum Gasteiger partial charge on any atom is -0.396 e. The molecule has 5 heteroatoms. The molecule has 0 aliphatic carbocycles. The lowest BCUT2D eigenvalue weighted by atomic mass is 9.90. The summed E-state index contributed by atoms with van der Waals surface area (Å²) in [7, 11) is 1.15. The van der Waals surface area contributed by atoms with Crippen LogP contribution in [0.3, 0.4) is 0 Å². The zero-order valence-electron chi connectivity index (χ0n) is 8.97. The van der Waals surface area contributed by atoms with E-state index in [-0.39, 0.29) is 24.7 Å². The molecule has 1 N–H and O–H groups in total. The molecule has 0 aromatic carbocycles. The van der Waals surface area contributed by atoms with Crippen LogP contribution in [0.2, 0.25) is 0 Å². The molecule has 1 aliphatic rings. The summed E-state index contributed by atoms with van der Waals surface area (Å²) < 4.78 is 17.6. The average molecular weight is 205 g/mol. The van der Waals surface area contributed by atoms with Crippen LogP contribution in [0, 0.1) is 11.8 Å². The molecule has 0 aromatic heterocycles. The van der Waals surface area contributed by atoms with Gasteiger partial charge in [-0.3, -0.25) is 0 Å². The molecular weight excluding hydrogens is 187 g/mol. The van der Waals surface area contributed by atoms with E-state index in [9.17, 15) is 0 Å². The minimum absolute atomic E-state index is 0.0367. The molecule has 13 heavy (non-hydrogen) atoms. The first kappa shape index (κ1) is 9.83. The highest BCUT2D eigenvalue weighted by Gasteiger charge is 2.38. The standard InChI is InChI=1S/C8H16BO3S/c1-5-7(3-10)6(2)12-8(5)4-11-13-9/h5-10H,3-4H2,1-2H3/t5-,6-,7?,8-/m1/s1/i9T. The van der Waals surface area contributed by atoms with Gasteiger partial charge in [0.2, 0.25) is 7.09 Å². The Hall–Kier alpha value is 0.295. The number of aliphatic hydroxyl groups excluding tert-OH is 1. The first-order valence-corrected chi connectivity index (χ1v) is 5.25. The van der Waals surface area contributed by atoms with E-state index in [4.69, 9.17) is 15.4 Å². The fourth-order valence-electron chi connectivity index (χ4n) is 1.82. The third kappa shape index (κ3) is 2.62. The smallest absolute Gasteiger partial charge is 0.209 e. The Balaban J connectivity index is 2.33. The van der Waals surface area contributed by atoms with E-state index >= 15 is 0 Å². The first-order chi connectivity index (χ1) is 6.70. The molecule has 0 saturated carbocycles. The molecule has 0 bridgehead atoms. The van der Waals surface area contributed by atoms with Crippen molar-refractivity contribution in [3.8, 4) is 0 Å². The zero-order valence-corrected chi connectivity index (χ0v) is 8.79. The molecule has 1 unspecified atom stereocenters. The van der Waals surface area contributed by atoms with Crippen LogP contribution < -0.4 is 0 Å². The predicted molar refractivity (Wildman–Crippen MR) is 54.8 cm³/mol. The van der Waals surface area contributed by atoms with Gasteiger partial charge in [-0.05, 0) is 14.2 Å². The lowest BCUT2D eigenvalue weighted by Gasteiger charge is -2.16. The third-order valence-electron chi connectivity index (χ3n) is 2.77. The lowest BCUT2D eigenvalue weighted by molar-refractivity contribution is 0.0144. The number of hydrogen-bond acceptors (Lipinski definition) is 4. The second-order valence-electron chi connectivity index (χ2n) is 3.47. The Kier molecular flexibility index (Phi) is 3.97. The second kappa shape index (κ2) is 5.24. The van der Waals surface area contributed by atoms with Crippen molar-refractivity contribution in [1.82, 2.24) is 0 Å². The lowest BCUT2D eigenvalue weighted by Crippen LogP contribution is -2.23. The molecule has 0 amide bonds. The summed E-state index contributed by atoms with van der Waals surface area (Å²) in [5.41, 5.74) is 0. The molecule has 4 atom stereocenters. The van der Waals surface area contributed by atoms with Crippen molar-refractivity contribution in [1.29, 1.82) is 1.34 Å². The second-order valence-corrected chi connectivity index (χ2v) is 3.89. The molecule has 75 valence electrons. The van der Waals surface area contributed by atoms with Crippen LogP contribution in [-0.4, -0.2) is 39.0 Å². The van der Waals surface area contributed by atoms with Crippen LogP contribution in [0.15, 0.2) is 0 Å². The minimum atomic E-state index is 0.0367. The highest BCUT2D eigenvalue weighted by Crippen LogP contribution is 2.32. The molecule has 1 heterocycles. The molecule has 1 radical (unpaired) electrons. The quantitative estimate of drug-likeness (QED) is 0.403. The van der Waals surface area contributed by atoms with Gasteiger partial charge in [-0.25, -0.2) is 0 Å². The largest absolute Gasteiger partial charge is 0.396 e. The molecule has 0 aromatic rings. The van der Waals surface area contributed by atoms with Gasteiger partial charge in [0, 0.05) is 12.5 Å². The van der Waals surface area contributed by atoms with Crippen molar-refractivity contribution in [3.63, 3.8) is 0 Å². The van der Waals surface area contributed by atoms with Crippen molar-refractivity contribution >= 4 is 19.0 Å². The van der Waals surface area contributed by atoms with Crippen LogP contribution in [-0.2, 0) is 8.92 Å². The summed E-state index contributed by atoms with van der Waals surface area (Å²) in [4.78, 5) is 0. The summed E-state index contributed by atoms with van der Waals surface area (Å²) in [5.74, 6) is 0.509. The maximum atomic E-state index is 9.13. The van der Waals surface area contributed by atoms with Crippen molar-refractivity contribution in [2.75, 3.05) is 13.2 Å². The van der Waals surface area contributed by atoms with Gasteiger partial charge in [-0.15, -0.1) is 0 Å². The summed E-state index contributed by atoms with van der Waals surface area (Å²) in [6.07, 6.45) is 0.128. The van der Waals surface area contributed by atoms with Gasteiger partial charge in [-0.1, -0.05) is 18.8 Å². The number of hydrogen-bond donors (Lipinski definition) is 1. The SMILES string of the molecule is [3H][B]SOC[C@H]1O[C@H](C)C(CO)[C@H]1C. The molecule has 1 fully saturated rings.